The highest BCUT2D eigenvalue weighted by Gasteiger charge is 2.33. The van der Waals surface area contributed by atoms with Gasteiger partial charge < -0.3 is 9.47 Å². The third-order valence-electron chi connectivity index (χ3n) is 3.66. The van der Waals surface area contributed by atoms with Crippen molar-refractivity contribution in [2.45, 2.75) is 51.9 Å². The summed E-state index contributed by atoms with van der Waals surface area (Å²) in [6.07, 6.45) is 7.06. The van der Waals surface area contributed by atoms with E-state index in [4.69, 9.17) is 4.65 Å². The van der Waals surface area contributed by atoms with Crippen LogP contribution in [-0.2, 0) is 4.65 Å². The van der Waals surface area contributed by atoms with E-state index in [1.54, 1.807) is 0 Å². The van der Waals surface area contributed by atoms with Crippen LogP contribution in [0.1, 0.15) is 39.0 Å². The molecule has 1 saturated carbocycles. The Morgan fingerprint density at radius 1 is 1.21 bits per heavy atom. The van der Waals surface area contributed by atoms with Crippen LogP contribution >= 0.6 is 0 Å². The highest BCUT2D eigenvalue weighted by molar-refractivity contribution is 6.47. The van der Waals surface area contributed by atoms with E-state index < -0.39 is 0 Å². The van der Waals surface area contributed by atoms with E-state index in [1.807, 2.05) is 0 Å². The van der Waals surface area contributed by atoms with Crippen LogP contribution in [0.4, 0.5) is 0 Å². The molecule has 0 amide bonds. The van der Waals surface area contributed by atoms with Gasteiger partial charge in [-0.25, -0.2) is 0 Å². The lowest BCUT2D eigenvalue weighted by molar-refractivity contribution is 0.113. The number of hydrogen-bond acceptors (Lipinski definition) is 2. The topological polar surface area (TPSA) is 12.5 Å². The second kappa shape index (κ2) is 4.67. The highest BCUT2D eigenvalue weighted by atomic mass is 16.4. The van der Waals surface area contributed by atoms with Crippen molar-refractivity contribution in [2.75, 3.05) is 13.2 Å². The zero-order valence-electron chi connectivity index (χ0n) is 9.54. The average Bonchev–Trinajstić information content (AvgIpc) is 2.23. The molecule has 1 aliphatic heterocycles. The lowest BCUT2D eigenvalue weighted by Gasteiger charge is -2.41. The molecule has 0 aromatic carbocycles. The van der Waals surface area contributed by atoms with Crippen molar-refractivity contribution in [3.63, 3.8) is 0 Å². The predicted octanol–water partition coefficient (Wildman–Crippen LogP) is 2.41. The van der Waals surface area contributed by atoms with Crippen LogP contribution in [-0.4, -0.2) is 31.1 Å². The summed E-state index contributed by atoms with van der Waals surface area (Å²) in [7, 11) is 0.356. The highest BCUT2D eigenvalue weighted by Crippen LogP contribution is 2.26. The van der Waals surface area contributed by atoms with Gasteiger partial charge in [0.2, 0.25) is 0 Å². The van der Waals surface area contributed by atoms with E-state index in [0.717, 1.165) is 12.6 Å². The molecule has 1 atom stereocenters. The van der Waals surface area contributed by atoms with E-state index in [0.29, 0.717) is 13.0 Å². The van der Waals surface area contributed by atoms with Crippen molar-refractivity contribution in [1.29, 1.82) is 0 Å². The normalized spacial score (nSPS) is 32.1. The van der Waals surface area contributed by atoms with E-state index in [9.17, 15) is 0 Å². The van der Waals surface area contributed by atoms with Gasteiger partial charge in [-0.15, -0.1) is 0 Å². The van der Waals surface area contributed by atoms with Crippen molar-refractivity contribution in [2.24, 2.45) is 5.92 Å². The summed E-state index contributed by atoms with van der Waals surface area (Å²) in [5.41, 5.74) is 0. The predicted molar refractivity (Wildman–Crippen MR) is 60.3 cm³/mol. The minimum absolute atomic E-state index is 0.356. The summed E-state index contributed by atoms with van der Waals surface area (Å²) >= 11 is 0. The van der Waals surface area contributed by atoms with Crippen LogP contribution in [0, 0.1) is 5.92 Å². The van der Waals surface area contributed by atoms with Crippen molar-refractivity contribution >= 4 is 7.05 Å². The lowest BCUT2D eigenvalue weighted by atomic mass is 9.76. The fourth-order valence-electron chi connectivity index (χ4n) is 2.82. The van der Waals surface area contributed by atoms with Crippen LogP contribution in [0.3, 0.4) is 0 Å². The summed E-state index contributed by atoms with van der Waals surface area (Å²) in [4.78, 5) is 2.59. The van der Waals surface area contributed by atoms with Gasteiger partial charge in [-0.2, -0.15) is 0 Å². The molecule has 2 fully saturated rings. The third kappa shape index (κ3) is 2.32. The van der Waals surface area contributed by atoms with Gasteiger partial charge in [0, 0.05) is 12.6 Å². The molecule has 3 heteroatoms. The molecule has 1 aliphatic carbocycles. The quantitative estimate of drug-likeness (QED) is 0.595. The molecule has 0 N–H and O–H groups in total. The van der Waals surface area contributed by atoms with E-state index in [1.165, 1.54) is 38.6 Å². The molecule has 0 aromatic heterocycles. The maximum Gasteiger partial charge on any atom is 0.379 e. The summed E-state index contributed by atoms with van der Waals surface area (Å²) in [6, 6.07) is 0.807. The maximum absolute atomic E-state index is 5.78. The zero-order chi connectivity index (χ0) is 9.97. The van der Waals surface area contributed by atoms with E-state index in [2.05, 4.69) is 18.6 Å². The summed E-state index contributed by atoms with van der Waals surface area (Å²) in [5.74, 6) is 0.716. The summed E-state index contributed by atoms with van der Waals surface area (Å²) in [6.45, 7) is 6.69. The summed E-state index contributed by atoms with van der Waals surface area (Å²) < 4.78 is 5.78. The van der Waals surface area contributed by atoms with Crippen molar-refractivity contribution in [3.05, 3.63) is 0 Å². The first kappa shape index (κ1) is 10.5. The second-order valence-corrected chi connectivity index (χ2v) is 5.03. The number of nitrogens with zero attached hydrogens (tertiary/aromatic N) is 1. The SMILES string of the molecule is CB1OCC(C)CN1C1CCCCC1. The Labute approximate surface area is 88.1 Å². The minimum Gasteiger partial charge on any atom is -0.421 e. The van der Waals surface area contributed by atoms with Crippen LogP contribution in [0.15, 0.2) is 0 Å². The fourth-order valence-corrected chi connectivity index (χ4v) is 2.82. The zero-order valence-corrected chi connectivity index (χ0v) is 9.54. The molecular formula is C11H22BNO. The molecule has 2 nitrogen and oxygen atoms in total. The molecule has 0 aromatic rings. The molecule has 2 aliphatic rings. The molecule has 2 rings (SSSR count). The van der Waals surface area contributed by atoms with Gasteiger partial charge in [0.1, 0.15) is 0 Å². The largest absolute Gasteiger partial charge is 0.421 e. The van der Waals surface area contributed by atoms with Crippen LogP contribution < -0.4 is 0 Å². The van der Waals surface area contributed by atoms with Gasteiger partial charge >= 0.3 is 7.05 Å². The van der Waals surface area contributed by atoms with Crippen molar-refractivity contribution in [1.82, 2.24) is 4.81 Å². The van der Waals surface area contributed by atoms with E-state index in [-0.39, 0.29) is 0 Å². The average molecular weight is 195 g/mol. The standard InChI is InChI=1S/C11H22BNO/c1-10-8-13(12(2)14-9-10)11-6-4-3-5-7-11/h10-11H,3-9H2,1-2H3. The molecule has 0 radical (unpaired) electrons. The Bertz CT molecular complexity index is 182. The first-order chi connectivity index (χ1) is 6.77. The smallest absolute Gasteiger partial charge is 0.379 e. The van der Waals surface area contributed by atoms with Gasteiger partial charge in [-0.1, -0.05) is 26.2 Å². The Hall–Kier alpha value is -0.0151. The van der Waals surface area contributed by atoms with Crippen LogP contribution in [0.2, 0.25) is 6.82 Å². The fraction of sp³-hybridized carbons (Fsp3) is 1.00. The van der Waals surface area contributed by atoms with Gasteiger partial charge in [-0.3, -0.25) is 0 Å². The number of hydrogen-bond donors (Lipinski definition) is 0. The van der Waals surface area contributed by atoms with Crippen LogP contribution in [0.25, 0.3) is 0 Å². The first-order valence-corrected chi connectivity index (χ1v) is 6.14. The number of rotatable bonds is 1. The monoisotopic (exact) mass is 195 g/mol. The minimum atomic E-state index is 0.356. The maximum atomic E-state index is 5.78. The van der Waals surface area contributed by atoms with Gasteiger partial charge in [-0.05, 0) is 32.1 Å². The summed E-state index contributed by atoms with van der Waals surface area (Å²) in [5, 5.41) is 0. The van der Waals surface area contributed by atoms with Crippen molar-refractivity contribution in [3.8, 4) is 0 Å². The van der Waals surface area contributed by atoms with Gasteiger partial charge in [0.25, 0.3) is 0 Å². The Morgan fingerprint density at radius 3 is 2.64 bits per heavy atom. The Morgan fingerprint density at radius 2 is 1.93 bits per heavy atom. The molecule has 14 heavy (non-hydrogen) atoms. The van der Waals surface area contributed by atoms with E-state index >= 15 is 0 Å². The Balaban J connectivity index is 1.92. The Kier molecular flexibility index (Phi) is 3.50. The molecule has 1 saturated heterocycles. The molecule has 1 unspecified atom stereocenters. The third-order valence-corrected chi connectivity index (χ3v) is 3.66. The first-order valence-electron chi connectivity index (χ1n) is 6.14. The molecule has 0 bridgehead atoms. The molecule has 80 valence electrons. The van der Waals surface area contributed by atoms with Gasteiger partial charge in [0.05, 0.1) is 0 Å². The second-order valence-electron chi connectivity index (χ2n) is 5.03. The molecule has 1 heterocycles. The lowest BCUT2D eigenvalue weighted by Crippen LogP contribution is -2.53. The molecular weight excluding hydrogens is 173 g/mol. The molecule has 0 spiro atoms. The van der Waals surface area contributed by atoms with Crippen molar-refractivity contribution < 1.29 is 4.65 Å². The van der Waals surface area contributed by atoms with Gasteiger partial charge in [0.15, 0.2) is 0 Å². The van der Waals surface area contributed by atoms with Crippen LogP contribution in [0.5, 0.6) is 0 Å².